The summed E-state index contributed by atoms with van der Waals surface area (Å²) in [6.07, 6.45) is -7.48. The van der Waals surface area contributed by atoms with Crippen molar-refractivity contribution in [3.05, 3.63) is 0 Å². The van der Waals surface area contributed by atoms with Crippen molar-refractivity contribution in [2.75, 3.05) is 40.0 Å². The molecule has 19 heteroatoms. The molecule has 0 atom stereocenters. The van der Waals surface area contributed by atoms with Crippen molar-refractivity contribution in [2.45, 2.75) is 35.8 Å². The fraction of sp³-hybridized carbons (Fsp3) is 1.00. The second-order valence-electron chi connectivity index (χ2n) is 5.53. The van der Waals surface area contributed by atoms with Crippen molar-refractivity contribution in [3.8, 4) is 0 Å². The Kier molecular flexibility index (Phi) is 9.82. The molecule has 0 aromatic carbocycles. The van der Waals surface area contributed by atoms with Gasteiger partial charge in [-0.05, 0) is 0 Å². The third-order valence-electron chi connectivity index (χ3n) is 3.31. The number of hydrogen-bond acceptors (Lipinski definition) is 6. The van der Waals surface area contributed by atoms with E-state index in [9.17, 15) is 57.1 Å². The molecule has 0 rings (SSSR count). The van der Waals surface area contributed by atoms with E-state index in [2.05, 4.69) is 19.6 Å². The summed E-state index contributed by atoms with van der Waals surface area (Å²) in [5, 5.41) is 9.53. The van der Waals surface area contributed by atoms with Crippen LogP contribution in [0.15, 0.2) is 0 Å². The summed E-state index contributed by atoms with van der Waals surface area (Å²) in [7, 11) is 1.11. The van der Waals surface area contributed by atoms with Crippen molar-refractivity contribution in [2.24, 2.45) is 0 Å². The van der Waals surface area contributed by atoms with Gasteiger partial charge in [0.1, 0.15) is 0 Å². The SMILES string of the molecule is COOCCN(O)CCOOCC(F)(F)C(F)(F)C(F)(F)C(F)(F)C(F)(F)C(F)(F)F. The molecule has 0 aliphatic carbocycles. The third kappa shape index (κ3) is 6.21. The van der Waals surface area contributed by atoms with Crippen LogP contribution >= 0.6 is 0 Å². The zero-order chi connectivity index (χ0) is 24.9. The first-order chi connectivity index (χ1) is 13.7. The molecule has 0 fully saturated rings. The van der Waals surface area contributed by atoms with Crippen LogP contribution in [0.2, 0.25) is 0 Å². The second kappa shape index (κ2) is 10.2. The molecule has 0 bridgehead atoms. The predicted octanol–water partition coefficient (Wildman–Crippen LogP) is 3.94. The molecule has 0 aromatic heterocycles. The van der Waals surface area contributed by atoms with Crippen LogP contribution in [0, 0.1) is 0 Å². The number of alkyl halides is 13. The fourth-order valence-electron chi connectivity index (χ4n) is 1.55. The molecule has 0 radical (unpaired) electrons. The van der Waals surface area contributed by atoms with E-state index in [4.69, 9.17) is 5.21 Å². The molecule has 0 amide bonds. The van der Waals surface area contributed by atoms with Crippen LogP contribution in [0.5, 0.6) is 0 Å². The van der Waals surface area contributed by atoms with E-state index in [0.717, 1.165) is 7.11 Å². The van der Waals surface area contributed by atoms with Crippen molar-refractivity contribution in [3.63, 3.8) is 0 Å². The van der Waals surface area contributed by atoms with Gasteiger partial charge in [-0.3, -0.25) is 0 Å². The minimum Gasteiger partial charge on any atom is -0.314 e. The van der Waals surface area contributed by atoms with Gasteiger partial charge in [0.2, 0.25) is 0 Å². The van der Waals surface area contributed by atoms with Crippen LogP contribution in [-0.4, -0.2) is 86.1 Å². The summed E-state index contributed by atoms with van der Waals surface area (Å²) in [4.78, 5) is 15.7. The highest BCUT2D eigenvalue weighted by Crippen LogP contribution is 2.60. The molecule has 0 aromatic rings. The van der Waals surface area contributed by atoms with E-state index in [-0.39, 0.29) is 13.2 Å². The Bertz CT molecular complexity index is 557. The average Bonchev–Trinajstić information content (AvgIpc) is 2.59. The van der Waals surface area contributed by atoms with Crippen molar-refractivity contribution < 1.29 is 81.8 Å². The van der Waals surface area contributed by atoms with Crippen LogP contribution in [0.3, 0.4) is 0 Å². The summed E-state index contributed by atoms with van der Waals surface area (Å²) in [6, 6.07) is 0. The smallest absolute Gasteiger partial charge is 0.314 e. The average molecular weight is 499 g/mol. The standard InChI is InChI=1S/C12H14F13NO5/c1-28-29-4-2-26(27)3-5-30-31-6-7(13,14)8(15,16)9(17,18)10(19,20)11(21,22)12(23,24)25/h27H,2-6H2,1H3. The molecule has 188 valence electrons. The highest BCUT2D eigenvalue weighted by atomic mass is 19.4. The van der Waals surface area contributed by atoms with Gasteiger partial charge >= 0.3 is 35.8 Å². The van der Waals surface area contributed by atoms with Crippen LogP contribution in [-0.2, 0) is 19.6 Å². The Morgan fingerprint density at radius 3 is 1.45 bits per heavy atom. The Morgan fingerprint density at radius 1 is 0.613 bits per heavy atom. The summed E-state index contributed by atoms with van der Waals surface area (Å²) >= 11 is 0. The van der Waals surface area contributed by atoms with Gasteiger partial charge in [0.25, 0.3) is 0 Å². The Labute approximate surface area is 164 Å². The number of halogens is 13. The van der Waals surface area contributed by atoms with Crippen LogP contribution < -0.4 is 0 Å². The molecule has 31 heavy (non-hydrogen) atoms. The van der Waals surface area contributed by atoms with E-state index in [0.29, 0.717) is 5.06 Å². The maximum Gasteiger partial charge on any atom is 0.460 e. The topological polar surface area (TPSA) is 60.4 Å². The first kappa shape index (κ1) is 29.8. The first-order valence-electron chi connectivity index (χ1n) is 7.50. The summed E-state index contributed by atoms with van der Waals surface area (Å²) in [6.45, 7) is -4.98. The van der Waals surface area contributed by atoms with Gasteiger partial charge < -0.3 is 5.21 Å². The molecular weight excluding hydrogens is 485 g/mol. The van der Waals surface area contributed by atoms with Gasteiger partial charge in [0.05, 0.1) is 33.4 Å². The molecule has 0 saturated carbocycles. The van der Waals surface area contributed by atoms with Crippen molar-refractivity contribution in [1.29, 1.82) is 0 Å². The summed E-state index contributed by atoms with van der Waals surface area (Å²) in [5.74, 6) is -37.5. The van der Waals surface area contributed by atoms with Crippen molar-refractivity contribution >= 4 is 0 Å². The number of rotatable bonds is 14. The molecule has 6 nitrogen and oxygen atoms in total. The highest BCUT2D eigenvalue weighted by molar-refractivity contribution is 5.10. The van der Waals surface area contributed by atoms with E-state index < -0.39 is 55.5 Å². The number of nitrogens with zero attached hydrogens (tertiary/aromatic N) is 1. The van der Waals surface area contributed by atoms with Crippen LogP contribution in [0.25, 0.3) is 0 Å². The lowest BCUT2D eigenvalue weighted by Crippen LogP contribution is -2.70. The highest BCUT2D eigenvalue weighted by Gasteiger charge is 2.90. The van der Waals surface area contributed by atoms with Crippen LogP contribution in [0.4, 0.5) is 57.1 Å². The van der Waals surface area contributed by atoms with E-state index in [1.165, 1.54) is 0 Å². The van der Waals surface area contributed by atoms with E-state index in [1.807, 2.05) is 0 Å². The Morgan fingerprint density at radius 2 is 1.03 bits per heavy atom. The van der Waals surface area contributed by atoms with Gasteiger partial charge in [-0.2, -0.15) is 62.1 Å². The Balaban J connectivity index is 5.14. The van der Waals surface area contributed by atoms with Crippen molar-refractivity contribution in [1.82, 2.24) is 5.06 Å². The van der Waals surface area contributed by atoms with Crippen LogP contribution in [0.1, 0.15) is 0 Å². The molecule has 0 aliphatic rings. The minimum atomic E-state index is -7.98. The molecule has 0 saturated heterocycles. The predicted molar refractivity (Wildman–Crippen MR) is 69.0 cm³/mol. The number of hydrogen-bond donors (Lipinski definition) is 1. The lowest BCUT2D eigenvalue weighted by molar-refractivity contribution is -0.448. The fourth-order valence-corrected chi connectivity index (χ4v) is 1.55. The summed E-state index contributed by atoms with van der Waals surface area (Å²) in [5.41, 5.74) is 0. The first-order valence-corrected chi connectivity index (χ1v) is 7.50. The maximum atomic E-state index is 13.3. The Hall–Kier alpha value is -1.15. The normalized spacial score (nSPS) is 15.1. The number of hydroxylamine groups is 2. The molecule has 0 heterocycles. The maximum absolute atomic E-state index is 13.3. The van der Waals surface area contributed by atoms with Gasteiger partial charge in [-0.1, -0.05) is 0 Å². The lowest BCUT2D eigenvalue weighted by atomic mass is 9.94. The molecule has 1 N–H and O–H groups in total. The lowest BCUT2D eigenvalue weighted by Gasteiger charge is -2.39. The monoisotopic (exact) mass is 499 g/mol. The molecule has 0 aliphatic heterocycles. The zero-order valence-electron chi connectivity index (χ0n) is 15.0. The largest absolute Gasteiger partial charge is 0.460 e. The molecule has 0 spiro atoms. The second-order valence-corrected chi connectivity index (χ2v) is 5.53. The third-order valence-corrected chi connectivity index (χ3v) is 3.31. The molecule has 0 unspecified atom stereocenters. The minimum absolute atomic E-state index is 0.232. The quantitative estimate of drug-likeness (QED) is 0.169. The van der Waals surface area contributed by atoms with Gasteiger partial charge in [0, 0.05) is 0 Å². The van der Waals surface area contributed by atoms with Gasteiger partial charge in [-0.25, -0.2) is 19.6 Å². The summed E-state index contributed by atoms with van der Waals surface area (Å²) < 4.78 is 167. The zero-order valence-corrected chi connectivity index (χ0v) is 15.0. The molecular formula is C12H14F13NO5. The van der Waals surface area contributed by atoms with Gasteiger partial charge in [-0.15, -0.1) is 0 Å². The van der Waals surface area contributed by atoms with E-state index in [1.54, 1.807) is 0 Å². The van der Waals surface area contributed by atoms with Gasteiger partial charge in [0.15, 0.2) is 6.61 Å². The van der Waals surface area contributed by atoms with E-state index >= 15 is 0 Å².